The number of thiophene rings is 3. The molecular formula is C66H32N6OS3. The Hall–Kier alpha value is -9.68. The Balaban J connectivity index is 1.20. The highest BCUT2D eigenvalue weighted by Gasteiger charge is 2.34. The van der Waals surface area contributed by atoms with Gasteiger partial charge >= 0.3 is 0 Å². The molecule has 17 aromatic rings. The average molecular weight is 1020 g/mol. The molecule has 0 saturated heterocycles. The van der Waals surface area contributed by atoms with Crippen LogP contribution in [0.1, 0.15) is 5.56 Å². The van der Waals surface area contributed by atoms with Crippen LogP contribution in [0.5, 0.6) is 0 Å². The summed E-state index contributed by atoms with van der Waals surface area (Å²) in [4.78, 5) is 14.2. The quantitative estimate of drug-likeness (QED) is 0.165. The summed E-state index contributed by atoms with van der Waals surface area (Å²) in [5.41, 5.74) is 9.81. The summed E-state index contributed by atoms with van der Waals surface area (Å²) in [6.45, 7) is 9.62. The van der Waals surface area contributed by atoms with Gasteiger partial charge in [-0.3, -0.25) is 9.97 Å². The minimum atomic E-state index is 0.337. The molecule has 0 atom stereocenters. The van der Waals surface area contributed by atoms with Crippen molar-refractivity contribution < 1.29 is 4.42 Å². The second-order valence-electron chi connectivity index (χ2n) is 19.3. The standard InChI is InChI=1S/C66H32N6OS3/c1-68-56-54(35-12-10-30-69-33-35)49(32-67)57(71-58-41(22-26-45-37-14-2-6-18-50(37)73-63(45)58)42-23-27-46-38-15-3-7-19-51(38)74-64(46)59(42)71)55(36-13-11-31-70-34-36)62(56)72-60-43(24-28-47-39-16-4-8-20-52(39)75-65(47)60)44-25-29-48-40-17-5-9-21-53(40)76-66(48)61(44)72/h2-31,33-34H. The van der Waals surface area contributed by atoms with Crippen molar-refractivity contribution in [3.8, 4) is 39.7 Å². The number of nitriles is 1. The fourth-order valence-corrected chi connectivity index (χ4v) is 16.2. The third-order valence-electron chi connectivity index (χ3n) is 15.6. The maximum atomic E-state index is 12.3. The zero-order valence-corrected chi connectivity index (χ0v) is 42.2. The van der Waals surface area contributed by atoms with E-state index in [1.165, 1.54) is 20.2 Å². The van der Waals surface area contributed by atoms with Gasteiger partial charge < -0.3 is 13.6 Å². The Morgan fingerprint density at radius 3 is 1.36 bits per heavy atom. The number of pyridine rings is 2. The van der Waals surface area contributed by atoms with Crippen molar-refractivity contribution in [3.63, 3.8) is 0 Å². The van der Waals surface area contributed by atoms with Crippen LogP contribution in [0.3, 0.4) is 0 Å². The highest BCUT2D eigenvalue weighted by molar-refractivity contribution is 7.27. The third-order valence-corrected chi connectivity index (χ3v) is 19.1. The zero-order valence-electron chi connectivity index (χ0n) is 39.8. The molecule has 7 nitrogen and oxygen atoms in total. The topological polar surface area (TPSA) is 76.9 Å². The number of furan rings is 1. The highest BCUT2D eigenvalue weighted by Crippen LogP contribution is 2.56. The molecule has 0 aliphatic heterocycles. The van der Waals surface area contributed by atoms with Crippen LogP contribution in [0.2, 0.25) is 0 Å². The van der Waals surface area contributed by atoms with Crippen molar-refractivity contribution in [2.45, 2.75) is 0 Å². The fourth-order valence-electron chi connectivity index (χ4n) is 12.5. The van der Waals surface area contributed by atoms with E-state index in [1.54, 1.807) is 52.6 Å². The van der Waals surface area contributed by atoms with Gasteiger partial charge in [-0.05, 0) is 48.0 Å². The van der Waals surface area contributed by atoms with Crippen molar-refractivity contribution in [1.82, 2.24) is 19.1 Å². The molecular weight excluding hydrogens is 989 g/mol. The van der Waals surface area contributed by atoms with E-state index >= 15 is 0 Å². The Labute approximate surface area is 443 Å². The number of rotatable bonds is 4. The van der Waals surface area contributed by atoms with E-state index < -0.39 is 0 Å². The molecule has 0 N–H and O–H groups in total. The Morgan fingerprint density at radius 1 is 0.434 bits per heavy atom. The van der Waals surface area contributed by atoms with Crippen LogP contribution < -0.4 is 0 Å². The molecule has 0 fully saturated rings. The van der Waals surface area contributed by atoms with Crippen molar-refractivity contribution in [3.05, 3.63) is 212 Å². The lowest BCUT2D eigenvalue weighted by atomic mass is 9.89. The van der Waals surface area contributed by atoms with Crippen LogP contribution in [0.4, 0.5) is 5.69 Å². The van der Waals surface area contributed by atoms with Crippen molar-refractivity contribution in [1.29, 1.82) is 5.26 Å². The average Bonchev–Trinajstić information content (AvgIpc) is 4.41. The molecule has 8 aromatic heterocycles. The molecule has 76 heavy (non-hydrogen) atoms. The highest BCUT2D eigenvalue weighted by atomic mass is 32.1. The van der Waals surface area contributed by atoms with Crippen LogP contribution in [0.15, 0.2) is 199 Å². The minimum Gasteiger partial charge on any atom is -0.454 e. The Morgan fingerprint density at radius 2 is 0.868 bits per heavy atom. The molecule has 350 valence electrons. The van der Waals surface area contributed by atoms with Crippen molar-refractivity contribution >= 4 is 166 Å². The number of fused-ring (bicyclic) bond motifs is 22. The molecule has 17 rings (SSSR count). The van der Waals surface area contributed by atoms with Gasteiger partial charge in [0.25, 0.3) is 0 Å². The van der Waals surface area contributed by atoms with E-state index in [9.17, 15) is 11.8 Å². The van der Waals surface area contributed by atoms with Crippen molar-refractivity contribution in [2.75, 3.05) is 0 Å². The maximum Gasteiger partial charge on any atom is 0.220 e. The van der Waals surface area contributed by atoms with E-state index in [0.29, 0.717) is 44.9 Å². The maximum absolute atomic E-state index is 12.3. The molecule has 0 amide bonds. The number of nitrogens with zero attached hydrogens (tertiary/aromatic N) is 6. The summed E-state index contributed by atoms with van der Waals surface area (Å²) in [6.07, 6.45) is 7.20. The summed E-state index contributed by atoms with van der Waals surface area (Å²) >= 11 is 5.30. The van der Waals surface area contributed by atoms with E-state index in [0.717, 1.165) is 106 Å². The van der Waals surface area contributed by atoms with Crippen LogP contribution in [-0.4, -0.2) is 19.1 Å². The zero-order chi connectivity index (χ0) is 49.9. The van der Waals surface area contributed by atoms with Crippen LogP contribution in [0.25, 0.3) is 165 Å². The molecule has 0 aliphatic rings. The first-order valence-electron chi connectivity index (χ1n) is 24.9. The van der Waals surface area contributed by atoms with Crippen molar-refractivity contribution in [2.24, 2.45) is 0 Å². The van der Waals surface area contributed by atoms with Crippen LogP contribution in [-0.2, 0) is 0 Å². The normalized spacial score (nSPS) is 12.2. The number of hydrogen-bond acceptors (Lipinski definition) is 7. The van der Waals surface area contributed by atoms with E-state index in [1.807, 2.05) is 36.5 Å². The summed E-state index contributed by atoms with van der Waals surface area (Å²) in [7, 11) is 0. The monoisotopic (exact) mass is 1020 g/mol. The van der Waals surface area contributed by atoms with E-state index in [-0.39, 0.29) is 0 Å². The second-order valence-corrected chi connectivity index (χ2v) is 22.5. The van der Waals surface area contributed by atoms with Gasteiger partial charge in [0.1, 0.15) is 11.7 Å². The first kappa shape index (κ1) is 41.8. The van der Waals surface area contributed by atoms with Crippen LogP contribution >= 0.6 is 34.0 Å². The Kier molecular flexibility index (Phi) is 8.48. The molecule has 8 heterocycles. The van der Waals surface area contributed by atoms with Gasteiger partial charge in [-0.25, -0.2) is 4.85 Å². The first-order chi connectivity index (χ1) is 37.7. The Bertz CT molecular complexity index is 4950. The minimum absolute atomic E-state index is 0.337. The lowest BCUT2D eigenvalue weighted by Crippen LogP contribution is -2.09. The van der Waals surface area contributed by atoms with Gasteiger partial charge in [-0.1, -0.05) is 127 Å². The van der Waals surface area contributed by atoms with E-state index in [4.69, 9.17) is 14.4 Å². The summed E-state index contributed by atoms with van der Waals surface area (Å²) in [6, 6.07) is 62.7. The second kappa shape index (κ2) is 15.4. The molecule has 0 bridgehead atoms. The first-order valence-corrected chi connectivity index (χ1v) is 27.3. The molecule has 0 saturated carbocycles. The van der Waals surface area contributed by atoms with Gasteiger partial charge in [-0.15, -0.1) is 34.0 Å². The number of benzene rings is 9. The van der Waals surface area contributed by atoms with Gasteiger partial charge in [0.15, 0.2) is 5.58 Å². The molecule has 0 aliphatic carbocycles. The lowest BCUT2D eigenvalue weighted by Gasteiger charge is -2.25. The lowest BCUT2D eigenvalue weighted by molar-refractivity contribution is 0.671. The molecule has 0 spiro atoms. The molecule has 0 radical (unpaired) electrons. The fraction of sp³-hybridized carbons (Fsp3) is 0. The predicted octanol–water partition coefficient (Wildman–Crippen LogP) is 19.4. The summed E-state index contributed by atoms with van der Waals surface area (Å²) in [5, 5.41) is 25.4. The largest absolute Gasteiger partial charge is 0.454 e. The number of para-hydroxylation sites is 1. The third kappa shape index (κ3) is 5.41. The SMILES string of the molecule is [C-]#[N+]c1c(-c2cccnc2)c(C#N)c(-n2c3c(ccc4c5ccccc5oc43)c3ccc4c5ccccc5sc4c32)c(-c2cccnc2)c1-n1c2c(ccc3c4ccccc4sc32)c2ccc3c4ccccc4sc3c21. The van der Waals surface area contributed by atoms with Gasteiger partial charge in [0.2, 0.25) is 5.69 Å². The van der Waals surface area contributed by atoms with Gasteiger partial charge in [-0.2, -0.15) is 5.26 Å². The smallest absolute Gasteiger partial charge is 0.220 e. The van der Waals surface area contributed by atoms with Gasteiger partial charge in [0.05, 0.1) is 59.7 Å². The molecule has 10 heteroatoms. The summed E-state index contributed by atoms with van der Waals surface area (Å²) < 4.78 is 18.6. The van der Waals surface area contributed by atoms with Crippen LogP contribution in [0, 0.1) is 17.9 Å². The molecule has 9 aromatic carbocycles. The summed E-state index contributed by atoms with van der Waals surface area (Å²) in [5.74, 6) is 0. The number of aromatic nitrogens is 4. The predicted molar refractivity (Wildman–Crippen MR) is 319 cm³/mol. The number of hydrogen-bond donors (Lipinski definition) is 0. The molecule has 0 unspecified atom stereocenters. The van der Waals surface area contributed by atoms with E-state index in [2.05, 4.69) is 160 Å². The van der Waals surface area contributed by atoms with Gasteiger partial charge in [0, 0.05) is 120 Å².